The highest BCUT2D eigenvalue weighted by Crippen LogP contribution is 2.42. The molecule has 3 nitrogen and oxygen atoms in total. The fourth-order valence-corrected chi connectivity index (χ4v) is 5.49. The Morgan fingerprint density at radius 2 is 1.31 bits per heavy atom. The van der Waals surface area contributed by atoms with Gasteiger partial charge in [0.15, 0.2) is 0 Å². The minimum absolute atomic E-state index is 0.376. The van der Waals surface area contributed by atoms with Gasteiger partial charge in [0.1, 0.15) is 0 Å². The highest BCUT2D eigenvalue weighted by Gasteiger charge is 2.52. The maximum absolute atomic E-state index is 6.49. The Balaban J connectivity index is 1.65. The van der Waals surface area contributed by atoms with Gasteiger partial charge in [-0.15, -0.1) is 0 Å². The third-order valence-corrected chi connectivity index (χ3v) is 7.77. The van der Waals surface area contributed by atoms with Gasteiger partial charge in [0, 0.05) is 21.5 Å². The molecule has 7 rings (SSSR count). The van der Waals surface area contributed by atoms with E-state index in [0.717, 1.165) is 5.46 Å². The normalized spacial score (nSPS) is 18.2. The zero-order chi connectivity index (χ0) is 21.8. The smallest absolute Gasteiger partial charge is 0.399 e. The van der Waals surface area contributed by atoms with Crippen molar-refractivity contribution in [1.82, 2.24) is 4.40 Å². The molecule has 0 unspecified atom stereocenters. The minimum atomic E-state index is -0.397. The van der Waals surface area contributed by atoms with Gasteiger partial charge in [-0.3, -0.25) is 0 Å². The molecule has 0 atom stereocenters. The Bertz CT molecular complexity index is 1680. The van der Waals surface area contributed by atoms with Gasteiger partial charge in [0.05, 0.1) is 27.8 Å². The number of aromatic nitrogens is 1. The molecular weight excluding hydrogens is 393 g/mol. The first-order valence-corrected chi connectivity index (χ1v) is 11.3. The van der Waals surface area contributed by atoms with Crippen molar-refractivity contribution in [1.29, 1.82) is 0 Å². The molecule has 4 heteroatoms. The molecule has 1 fully saturated rings. The molecular formula is C28H24BNO2. The lowest BCUT2D eigenvalue weighted by molar-refractivity contribution is 0.00578. The van der Waals surface area contributed by atoms with Gasteiger partial charge in [-0.1, -0.05) is 60.7 Å². The summed E-state index contributed by atoms with van der Waals surface area (Å²) in [5.41, 5.74) is 4.12. The van der Waals surface area contributed by atoms with E-state index < -0.39 is 7.12 Å². The molecule has 0 amide bonds. The predicted molar refractivity (Wildman–Crippen MR) is 134 cm³/mol. The Hall–Kier alpha value is -3.08. The van der Waals surface area contributed by atoms with E-state index in [9.17, 15) is 0 Å². The third-order valence-electron chi connectivity index (χ3n) is 7.77. The Morgan fingerprint density at radius 3 is 2.12 bits per heavy atom. The van der Waals surface area contributed by atoms with Crippen molar-refractivity contribution >= 4 is 61.4 Å². The standard InChI is InChI=1S/C28H24BNO2/c1-27(2)28(3,4)32-29(31-27)21-13-7-9-17-15-16-23-25(24(17)21)20-12-8-11-19-18-10-5-6-14-22(18)30(23)26(19)20/h5-16H,1-4H3. The lowest BCUT2D eigenvalue weighted by Gasteiger charge is -2.32. The van der Waals surface area contributed by atoms with Gasteiger partial charge in [-0.25, -0.2) is 0 Å². The maximum Gasteiger partial charge on any atom is 0.495 e. The molecule has 156 valence electrons. The van der Waals surface area contributed by atoms with Gasteiger partial charge >= 0.3 is 7.12 Å². The summed E-state index contributed by atoms with van der Waals surface area (Å²) in [6.45, 7) is 8.45. The van der Waals surface area contributed by atoms with Crippen LogP contribution in [-0.4, -0.2) is 22.7 Å². The van der Waals surface area contributed by atoms with Gasteiger partial charge in [0.2, 0.25) is 0 Å². The molecule has 6 aromatic rings. The van der Waals surface area contributed by atoms with Crippen LogP contribution in [0.25, 0.3) is 48.9 Å². The first-order valence-electron chi connectivity index (χ1n) is 11.3. The molecule has 1 aliphatic rings. The van der Waals surface area contributed by atoms with Crippen LogP contribution in [0.15, 0.2) is 72.8 Å². The van der Waals surface area contributed by atoms with Gasteiger partial charge in [0.25, 0.3) is 0 Å². The van der Waals surface area contributed by atoms with E-state index in [1.165, 1.54) is 48.9 Å². The van der Waals surface area contributed by atoms with Crippen LogP contribution < -0.4 is 5.46 Å². The zero-order valence-corrected chi connectivity index (χ0v) is 18.8. The molecule has 2 aromatic heterocycles. The van der Waals surface area contributed by atoms with E-state index >= 15 is 0 Å². The fraction of sp³-hybridized carbons (Fsp3) is 0.214. The number of para-hydroxylation sites is 2. The number of fused-ring (bicyclic) bond motifs is 8. The highest BCUT2D eigenvalue weighted by molar-refractivity contribution is 6.66. The lowest BCUT2D eigenvalue weighted by atomic mass is 9.75. The average molecular weight is 417 g/mol. The van der Waals surface area contributed by atoms with Crippen molar-refractivity contribution in [3.63, 3.8) is 0 Å². The maximum atomic E-state index is 6.49. The van der Waals surface area contributed by atoms with Crippen LogP contribution in [0, 0.1) is 0 Å². The molecule has 0 spiro atoms. The van der Waals surface area contributed by atoms with Crippen LogP contribution >= 0.6 is 0 Å². The number of benzene rings is 4. The zero-order valence-electron chi connectivity index (χ0n) is 18.8. The van der Waals surface area contributed by atoms with Crippen LogP contribution in [0.1, 0.15) is 27.7 Å². The molecule has 1 saturated heterocycles. The molecule has 0 N–H and O–H groups in total. The van der Waals surface area contributed by atoms with Crippen molar-refractivity contribution in [3.8, 4) is 0 Å². The number of hydrogen-bond donors (Lipinski definition) is 0. The molecule has 32 heavy (non-hydrogen) atoms. The molecule has 4 aromatic carbocycles. The molecule has 0 bridgehead atoms. The van der Waals surface area contributed by atoms with E-state index in [1.807, 2.05) is 0 Å². The van der Waals surface area contributed by atoms with Crippen LogP contribution in [0.2, 0.25) is 0 Å². The molecule has 0 radical (unpaired) electrons. The number of nitrogens with zero attached hydrogens (tertiary/aromatic N) is 1. The van der Waals surface area contributed by atoms with Gasteiger partial charge in [-0.05, 0) is 56.1 Å². The van der Waals surface area contributed by atoms with Crippen molar-refractivity contribution in [2.75, 3.05) is 0 Å². The summed E-state index contributed by atoms with van der Waals surface area (Å²) in [6.07, 6.45) is 0. The SMILES string of the molecule is CC1(C)OB(c2cccc3ccc4c(c5cccc6c7ccccc7n4c65)c23)OC1(C)C. The number of hydrogen-bond acceptors (Lipinski definition) is 2. The van der Waals surface area contributed by atoms with Gasteiger partial charge in [-0.2, -0.15) is 0 Å². The summed E-state index contributed by atoms with van der Waals surface area (Å²) in [5, 5.41) is 7.60. The van der Waals surface area contributed by atoms with Crippen LogP contribution in [0.4, 0.5) is 0 Å². The number of rotatable bonds is 1. The minimum Gasteiger partial charge on any atom is -0.399 e. The topological polar surface area (TPSA) is 22.9 Å². The van der Waals surface area contributed by atoms with Crippen molar-refractivity contribution < 1.29 is 9.31 Å². The summed E-state index contributed by atoms with van der Waals surface area (Å²) in [7, 11) is -0.397. The van der Waals surface area contributed by atoms with Crippen molar-refractivity contribution in [2.45, 2.75) is 38.9 Å². The Kier molecular flexibility index (Phi) is 3.37. The summed E-state index contributed by atoms with van der Waals surface area (Å²) in [6, 6.07) is 26.3. The molecule has 1 aliphatic heterocycles. The van der Waals surface area contributed by atoms with E-state index in [-0.39, 0.29) is 11.2 Å². The summed E-state index contributed by atoms with van der Waals surface area (Å²) in [5.74, 6) is 0. The second kappa shape index (κ2) is 5.83. The monoisotopic (exact) mass is 417 g/mol. The van der Waals surface area contributed by atoms with Crippen LogP contribution in [0.3, 0.4) is 0 Å². The third kappa shape index (κ3) is 2.14. The fourth-order valence-electron chi connectivity index (χ4n) is 5.49. The van der Waals surface area contributed by atoms with Crippen molar-refractivity contribution in [2.24, 2.45) is 0 Å². The largest absolute Gasteiger partial charge is 0.495 e. The first kappa shape index (κ1) is 18.5. The molecule has 0 saturated carbocycles. The van der Waals surface area contributed by atoms with E-state index in [1.54, 1.807) is 0 Å². The Labute approximate surface area is 187 Å². The van der Waals surface area contributed by atoms with E-state index in [4.69, 9.17) is 9.31 Å². The summed E-state index contributed by atoms with van der Waals surface area (Å²) in [4.78, 5) is 0. The first-order chi connectivity index (χ1) is 15.4. The van der Waals surface area contributed by atoms with Gasteiger partial charge < -0.3 is 13.7 Å². The summed E-state index contributed by atoms with van der Waals surface area (Å²) < 4.78 is 15.4. The Morgan fingerprint density at radius 1 is 0.625 bits per heavy atom. The van der Waals surface area contributed by atoms with E-state index in [0.29, 0.717) is 0 Å². The summed E-state index contributed by atoms with van der Waals surface area (Å²) >= 11 is 0. The highest BCUT2D eigenvalue weighted by atomic mass is 16.7. The molecule has 0 aliphatic carbocycles. The molecule has 3 heterocycles. The van der Waals surface area contributed by atoms with Crippen molar-refractivity contribution in [3.05, 3.63) is 72.8 Å². The quantitative estimate of drug-likeness (QED) is 0.294. The average Bonchev–Trinajstić information content (AvgIpc) is 3.37. The van der Waals surface area contributed by atoms with Crippen LogP contribution in [0.5, 0.6) is 0 Å². The second-order valence-electron chi connectivity index (χ2n) is 10.0. The second-order valence-corrected chi connectivity index (χ2v) is 10.0. The lowest BCUT2D eigenvalue weighted by Crippen LogP contribution is -2.41. The van der Waals surface area contributed by atoms with E-state index in [2.05, 4.69) is 105 Å². The van der Waals surface area contributed by atoms with Crippen LogP contribution in [-0.2, 0) is 9.31 Å². The predicted octanol–water partition coefficient (Wildman–Crippen LogP) is 6.29.